The molecule has 0 bridgehead atoms. The lowest BCUT2D eigenvalue weighted by atomic mass is 9.68. The molecular weight excluding hydrogens is 530 g/mol. The Morgan fingerprint density at radius 2 is 1.87 bits per heavy atom. The molecule has 3 aromatic rings. The number of aromatic nitrogens is 2. The van der Waals surface area contributed by atoms with Gasteiger partial charge in [0, 0.05) is 23.4 Å². The van der Waals surface area contributed by atoms with Crippen LogP contribution in [0.15, 0.2) is 75.5 Å². The second-order valence-corrected chi connectivity index (χ2v) is 12.4. The Balaban J connectivity index is 1.60. The quantitative estimate of drug-likeness (QED) is 0.359. The van der Waals surface area contributed by atoms with Crippen LogP contribution in [0.25, 0.3) is 0 Å². The fourth-order valence-corrected chi connectivity index (χ4v) is 7.00. The lowest BCUT2D eigenvalue weighted by Gasteiger charge is -2.42. The van der Waals surface area contributed by atoms with Crippen molar-refractivity contribution in [2.75, 3.05) is 19.1 Å². The van der Waals surface area contributed by atoms with E-state index in [1.807, 2.05) is 30.3 Å². The van der Waals surface area contributed by atoms with Gasteiger partial charge in [-0.1, -0.05) is 73.3 Å². The summed E-state index contributed by atoms with van der Waals surface area (Å²) in [7, 11) is 3.12. The molecule has 1 aromatic heterocycles. The van der Waals surface area contributed by atoms with E-state index in [1.54, 1.807) is 36.9 Å². The number of hydrogen-bond donors (Lipinski definition) is 1. The Morgan fingerprint density at radius 3 is 2.56 bits per heavy atom. The number of nitriles is 1. The molecule has 2 aliphatic rings. The number of nitrogens with two attached hydrogens (primary N) is 1. The number of anilines is 1. The van der Waals surface area contributed by atoms with Gasteiger partial charge in [0.2, 0.25) is 5.13 Å². The van der Waals surface area contributed by atoms with Crippen LogP contribution in [0.4, 0.5) is 5.13 Å². The number of methoxy groups -OCH3 is 2. The maximum atomic E-state index is 13.8. The Kier molecular flexibility index (Phi) is 7.38. The van der Waals surface area contributed by atoms with Crippen LogP contribution in [0, 0.1) is 16.7 Å². The monoisotopic (exact) mass is 559 g/mol. The number of carbonyl (C=O) groups excluding carboxylic acids is 1. The van der Waals surface area contributed by atoms with Crippen LogP contribution >= 0.6 is 23.1 Å². The highest BCUT2D eigenvalue weighted by Crippen LogP contribution is 2.51. The normalized spacial score (nSPS) is 18.6. The summed E-state index contributed by atoms with van der Waals surface area (Å²) in [4.78, 5) is 15.5. The highest BCUT2D eigenvalue weighted by atomic mass is 32.2. The topological polar surface area (TPSA) is 114 Å². The molecule has 0 saturated heterocycles. The van der Waals surface area contributed by atoms with Gasteiger partial charge < -0.3 is 15.2 Å². The molecule has 1 unspecified atom stereocenters. The van der Waals surface area contributed by atoms with Gasteiger partial charge in [-0.25, -0.2) is 0 Å². The average molecular weight is 560 g/mol. The molecule has 0 spiro atoms. The van der Waals surface area contributed by atoms with Crippen molar-refractivity contribution in [3.8, 4) is 17.6 Å². The molecule has 2 heterocycles. The molecule has 2 aromatic carbocycles. The Labute approximate surface area is 236 Å². The van der Waals surface area contributed by atoms with E-state index in [2.05, 4.69) is 42.2 Å². The van der Waals surface area contributed by atoms with E-state index in [9.17, 15) is 10.1 Å². The summed E-state index contributed by atoms with van der Waals surface area (Å²) in [5.74, 6) is 1.47. The van der Waals surface area contributed by atoms with E-state index >= 15 is 0 Å². The van der Waals surface area contributed by atoms with Crippen molar-refractivity contribution >= 4 is 34.0 Å². The number of allylic oxidation sites excluding steroid dienone is 3. The van der Waals surface area contributed by atoms with Crippen molar-refractivity contribution in [2.24, 2.45) is 11.1 Å². The summed E-state index contributed by atoms with van der Waals surface area (Å²) in [6.45, 7) is 4.14. The molecule has 1 atom stereocenters. The highest BCUT2D eigenvalue weighted by Gasteiger charge is 2.45. The summed E-state index contributed by atoms with van der Waals surface area (Å²) >= 11 is 2.99. The van der Waals surface area contributed by atoms with Gasteiger partial charge in [-0.2, -0.15) is 5.26 Å². The van der Waals surface area contributed by atoms with Gasteiger partial charge in [-0.05, 0) is 35.1 Å². The van der Waals surface area contributed by atoms with Crippen LogP contribution in [0.2, 0.25) is 0 Å². The standard InChI is InChI=1S/C29H29N5O3S2/c1-29(2)13-20-25(21(35)14-29)24(18-10-11-22(36-3)23(12-18)37-4)19(15-30)26(31)34(20)27-32-33-28(39-27)38-16-17-8-6-5-7-9-17/h5-12,24H,13-14,16,31H2,1-4H3. The van der Waals surface area contributed by atoms with Crippen LogP contribution in [-0.2, 0) is 10.5 Å². The molecule has 0 saturated carbocycles. The first-order valence-electron chi connectivity index (χ1n) is 12.4. The Hall–Kier alpha value is -3.81. The molecule has 200 valence electrons. The van der Waals surface area contributed by atoms with Crippen LogP contribution in [-0.4, -0.2) is 30.2 Å². The van der Waals surface area contributed by atoms with E-state index in [0.29, 0.717) is 40.6 Å². The van der Waals surface area contributed by atoms with Gasteiger partial charge in [0.25, 0.3) is 0 Å². The number of rotatable bonds is 7. The summed E-state index contributed by atoms with van der Waals surface area (Å²) < 4.78 is 11.7. The predicted octanol–water partition coefficient (Wildman–Crippen LogP) is 5.79. The van der Waals surface area contributed by atoms with E-state index in [-0.39, 0.29) is 17.0 Å². The summed E-state index contributed by atoms with van der Waals surface area (Å²) in [6, 6.07) is 17.9. The number of ketones is 1. The third-order valence-electron chi connectivity index (χ3n) is 6.91. The molecule has 8 nitrogen and oxygen atoms in total. The molecule has 1 aliphatic heterocycles. The summed E-state index contributed by atoms with van der Waals surface area (Å²) in [5, 5.41) is 19.7. The maximum Gasteiger partial charge on any atom is 0.219 e. The molecule has 2 N–H and O–H groups in total. The van der Waals surface area contributed by atoms with Crippen LogP contribution in [0.5, 0.6) is 11.5 Å². The SMILES string of the molecule is COc1ccc(C2C(C#N)=C(N)N(c3nnc(SCc4ccccc4)s3)C3=C2C(=O)CC(C)(C)C3)cc1OC. The molecule has 39 heavy (non-hydrogen) atoms. The second kappa shape index (κ2) is 10.8. The zero-order valence-corrected chi connectivity index (χ0v) is 23.9. The zero-order chi connectivity index (χ0) is 27.7. The van der Waals surface area contributed by atoms with E-state index in [0.717, 1.165) is 21.4 Å². The van der Waals surface area contributed by atoms with Crippen molar-refractivity contribution in [1.82, 2.24) is 10.2 Å². The predicted molar refractivity (Wildman–Crippen MR) is 153 cm³/mol. The van der Waals surface area contributed by atoms with Gasteiger partial charge in [-0.3, -0.25) is 9.69 Å². The molecule has 0 radical (unpaired) electrons. The highest BCUT2D eigenvalue weighted by molar-refractivity contribution is 8.00. The molecule has 1 aliphatic carbocycles. The fraction of sp³-hybridized carbons (Fsp3) is 0.310. The van der Waals surface area contributed by atoms with Gasteiger partial charge in [0.1, 0.15) is 5.82 Å². The zero-order valence-electron chi connectivity index (χ0n) is 22.2. The van der Waals surface area contributed by atoms with E-state index in [4.69, 9.17) is 15.2 Å². The minimum absolute atomic E-state index is 0.00511. The van der Waals surface area contributed by atoms with Gasteiger partial charge in [0.05, 0.1) is 31.8 Å². The van der Waals surface area contributed by atoms with Gasteiger partial charge >= 0.3 is 0 Å². The van der Waals surface area contributed by atoms with Crippen LogP contribution in [0.1, 0.15) is 43.7 Å². The molecule has 10 heteroatoms. The molecule has 5 rings (SSSR count). The number of ether oxygens (including phenoxy) is 2. The minimum Gasteiger partial charge on any atom is -0.493 e. The van der Waals surface area contributed by atoms with Gasteiger partial charge in [0.15, 0.2) is 21.6 Å². The lowest BCUT2D eigenvalue weighted by Crippen LogP contribution is -2.42. The number of benzene rings is 2. The van der Waals surface area contributed by atoms with Crippen molar-refractivity contribution in [2.45, 2.75) is 42.7 Å². The number of Topliss-reactive ketones (excluding diaryl/α,β-unsaturated/α-hetero) is 1. The van der Waals surface area contributed by atoms with Gasteiger partial charge in [-0.15, -0.1) is 10.2 Å². The van der Waals surface area contributed by atoms with Crippen LogP contribution < -0.4 is 20.1 Å². The molecule has 0 amide bonds. The summed E-state index contributed by atoms with van der Waals surface area (Å²) in [6.07, 6.45) is 0.972. The lowest BCUT2D eigenvalue weighted by molar-refractivity contribution is -0.118. The first-order chi connectivity index (χ1) is 18.8. The number of hydrogen-bond acceptors (Lipinski definition) is 10. The minimum atomic E-state index is -0.621. The smallest absolute Gasteiger partial charge is 0.219 e. The number of thioether (sulfide) groups is 1. The largest absolute Gasteiger partial charge is 0.493 e. The van der Waals surface area contributed by atoms with Crippen molar-refractivity contribution in [3.63, 3.8) is 0 Å². The number of carbonyl (C=O) groups is 1. The van der Waals surface area contributed by atoms with Crippen molar-refractivity contribution in [1.29, 1.82) is 5.26 Å². The average Bonchev–Trinajstić information content (AvgIpc) is 3.39. The first kappa shape index (κ1) is 26.8. The van der Waals surface area contributed by atoms with E-state index in [1.165, 1.54) is 16.9 Å². The van der Waals surface area contributed by atoms with Crippen molar-refractivity contribution in [3.05, 3.63) is 82.3 Å². The van der Waals surface area contributed by atoms with E-state index < -0.39 is 5.92 Å². The summed E-state index contributed by atoms with van der Waals surface area (Å²) in [5.41, 5.74) is 10.0. The molecular formula is C29H29N5O3S2. The third-order valence-corrected chi connectivity index (χ3v) is 9.03. The Morgan fingerprint density at radius 1 is 1.13 bits per heavy atom. The fourth-order valence-electron chi connectivity index (χ4n) is 5.16. The second-order valence-electron chi connectivity index (χ2n) is 10.2. The third kappa shape index (κ3) is 5.12. The Bertz CT molecular complexity index is 1520. The first-order valence-corrected chi connectivity index (χ1v) is 14.2. The number of nitrogens with zero attached hydrogens (tertiary/aromatic N) is 4. The van der Waals surface area contributed by atoms with Crippen molar-refractivity contribution < 1.29 is 14.3 Å². The maximum absolute atomic E-state index is 13.8. The van der Waals surface area contributed by atoms with Crippen LogP contribution in [0.3, 0.4) is 0 Å². The molecule has 0 fully saturated rings.